The Bertz CT molecular complexity index is 980. The second-order valence-electron chi connectivity index (χ2n) is 9.85. The van der Waals surface area contributed by atoms with Crippen LogP contribution in [-0.2, 0) is 30.4 Å². The molecule has 0 bridgehead atoms. The Morgan fingerprint density at radius 3 is 2.37 bits per heavy atom. The van der Waals surface area contributed by atoms with E-state index in [0.717, 1.165) is 5.56 Å². The summed E-state index contributed by atoms with van der Waals surface area (Å²) in [6, 6.07) is 9.31. The molecule has 0 aromatic heterocycles. The number of hydrogen-bond acceptors (Lipinski definition) is 7. The number of carboxylic acids is 1. The molecule has 1 fully saturated rings. The van der Waals surface area contributed by atoms with Gasteiger partial charge in [0.25, 0.3) is 0 Å². The van der Waals surface area contributed by atoms with Gasteiger partial charge < -0.3 is 25.8 Å². The molecule has 1 aliphatic rings. The van der Waals surface area contributed by atoms with E-state index in [1.165, 1.54) is 4.90 Å². The van der Waals surface area contributed by atoms with Crippen molar-refractivity contribution in [3.8, 4) is 0 Å². The molecule has 10 nitrogen and oxygen atoms in total. The van der Waals surface area contributed by atoms with Gasteiger partial charge in [0, 0.05) is 50.8 Å². The first kappa shape index (κ1) is 30.8. The van der Waals surface area contributed by atoms with Crippen LogP contribution in [0.15, 0.2) is 30.3 Å². The zero-order valence-electron chi connectivity index (χ0n) is 21.8. The number of aliphatic hydroxyl groups is 1. The molecule has 2 rings (SSSR count). The van der Waals surface area contributed by atoms with Crippen LogP contribution in [-0.4, -0.2) is 69.5 Å². The molecule has 0 aliphatic carbocycles. The van der Waals surface area contributed by atoms with Gasteiger partial charge in [-0.3, -0.25) is 24.0 Å². The van der Waals surface area contributed by atoms with Gasteiger partial charge in [0.1, 0.15) is 12.0 Å². The minimum absolute atomic E-state index is 0.0213. The number of nitrogens with one attached hydrogen (secondary N) is 2. The Morgan fingerprint density at radius 2 is 1.71 bits per heavy atom. The Morgan fingerprint density at radius 1 is 1.00 bits per heavy atom. The van der Waals surface area contributed by atoms with Crippen molar-refractivity contribution in [1.29, 1.82) is 5.41 Å². The monoisotopic (exact) mass is 529 g/mol. The molecular formula is C28H39N3O7. The number of Topliss-reactive ketones (excluding diaryl/α,β-unsaturated/α-hetero) is 2. The lowest BCUT2D eigenvalue weighted by atomic mass is 9.93. The number of rotatable bonds is 19. The average Bonchev–Trinajstić information content (AvgIpc) is 3.19. The van der Waals surface area contributed by atoms with Gasteiger partial charge in [0.15, 0.2) is 5.78 Å². The Balaban J connectivity index is 1.54. The van der Waals surface area contributed by atoms with Crippen LogP contribution in [0, 0.1) is 11.3 Å². The number of ketones is 2. The third kappa shape index (κ3) is 11.8. The topological polar surface area (TPSA) is 165 Å². The smallest absolute Gasteiger partial charge is 0.306 e. The van der Waals surface area contributed by atoms with Gasteiger partial charge in [0.05, 0.1) is 12.5 Å². The highest BCUT2D eigenvalue weighted by molar-refractivity contribution is 6.09. The summed E-state index contributed by atoms with van der Waals surface area (Å²) in [5.74, 6) is -2.38. The fraction of sp³-hybridized carbons (Fsp3) is 0.571. The molecule has 1 aromatic carbocycles. The van der Waals surface area contributed by atoms with Crippen molar-refractivity contribution in [2.24, 2.45) is 5.92 Å². The first-order chi connectivity index (χ1) is 18.2. The van der Waals surface area contributed by atoms with E-state index in [1.54, 1.807) is 0 Å². The summed E-state index contributed by atoms with van der Waals surface area (Å²) >= 11 is 0. The molecule has 2 unspecified atom stereocenters. The lowest BCUT2D eigenvalue weighted by molar-refractivity contribution is -0.142. The normalized spacial score (nSPS) is 15.8. The molecule has 0 saturated carbocycles. The fourth-order valence-corrected chi connectivity index (χ4v) is 4.47. The first-order valence-corrected chi connectivity index (χ1v) is 13.3. The fourth-order valence-electron chi connectivity index (χ4n) is 4.47. The molecule has 2 atom stereocenters. The van der Waals surface area contributed by atoms with Crippen molar-refractivity contribution in [3.63, 3.8) is 0 Å². The molecule has 208 valence electrons. The van der Waals surface area contributed by atoms with Crippen molar-refractivity contribution in [2.45, 2.75) is 83.3 Å². The minimum atomic E-state index is -0.903. The summed E-state index contributed by atoms with van der Waals surface area (Å²) < 4.78 is 0. The molecule has 1 aromatic rings. The van der Waals surface area contributed by atoms with E-state index in [-0.39, 0.29) is 61.3 Å². The third-order valence-corrected chi connectivity index (χ3v) is 6.59. The van der Waals surface area contributed by atoms with E-state index < -0.39 is 18.1 Å². The van der Waals surface area contributed by atoms with Crippen LogP contribution in [0.2, 0.25) is 0 Å². The van der Waals surface area contributed by atoms with E-state index in [1.807, 2.05) is 30.3 Å². The van der Waals surface area contributed by atoms with Crippen LogP contribution >= 0.6 is 0 Å². The molecule has 4 N–H and O–H groups in total. The van der Waals surface area contributed by atoms with E-state index in [4.69, 9.17) is 5.41 Å². The average molecular weight is 530 g/mol. The largest absolute Gasteiger partial charge is 0.481 e. The number of nitrogens with zero attached hydrogens (tertiary/aromatic N) is 1. The molecule has 10 heteroatoms. The standard InChI is InChI=1S/C28H39N3O7/c29-22(17-23(32)11-7-10-21(28(37)38)16-20-8-3-1-4-9-20)18-24(33)19-30-25(34)12-5-2-6-15-31-26(35)13-14-27(31)36/h1,3-4,8-9,21,26,29,35H,2,5-7,10-19H2,(H,30,34)(H,37,38). The predicted octanol–water partition coefficient (Wildman–Crippen LogP) is 2.66. The number of likely N-dealkylation sites (tertiary alicyclic amines) is 1. The summed E-state index contributed by atoms with van der Waals surface area (Å²) in [6.07, 6.45) is 3.26. The second kappa shape index (κ2) is 16.4. The van der Waals surface area contributed by atoms with Crippen LogP contribution in [0.5, 0.6) is 0 Å². The van der Waals surface area contributed by atoms with Crippen LogP contribution in [0.3, 0.4) is 0 Å². The number of aliphatic hydroxyl groups excluding tert-OH is 1. The highest BCUT2D eigenvalue weighted by Crippen LogP contribution is 2.18. The van der Waals surface area contributed by atoms with Crippen molar-refractivity contribution in [1.82, 2.24) is 10.2 Å². The number of hydrogen-bond donors (Lipinski definition) is 4. The van der Waals surface area contributed by atoms with Crippen molar-refractivity contribution in [2.75, 3.05) is 13.1 Å². The van der Waals surface area contributed by atoms with Gasteiger partial charge in [-0.25, -0.2) is 0 Å². The van der Waals surface area contributed by atoms with Gasteiger partial charge in [0.2, 0.25) is 11.8 Å². The number of carbonyl (C=O) groups is 5. The van der Waals surface area contributed by atoms with Crippen LogP contribution in [0.4, 0.5) is 0 Å². The quantitative estimate of drug-likeness (QED) is 0.158. The van der Waals surface area contributed by atoms with Gasteiger partial charge >= 0.3 is 5.97 Å². The Hall–Kier alpha value is -3.40. The summed E-state index contributed by atoms with van der Waals surface area (Å²) in [6.45, 7) is 0.262. The van der Waals surface area contributed by atoms with Crippen LogP contribution in [0.1, 0.15) is 76.2 Å². The maximum absolute atomic E-state index is 12.2. The summed E-state index contributed by atoms with van der Waals surface area (Å²) in [7, 11) is 0. The Kier molecular flexibility index (Phi) is 13.3. The summed E-state index contributed by atoms with van der Waals surface area (Å²) in [5.41, 5.74) is 0.904. The Labute approximate surface area is 223 Å². The van der Waals surface area contributed by atoms with E-state index >= 15 is 0 Å². The molecule has 2 amide bonds. The number of unbranched alkanes of at least 4 members (excludes halogenated alkanes) is 2. The van der Waals surface area contributed by atoms with Gasteiger partial charge in [-0.1, -0.05) is 36.8 Å². The number of aliphatic carboxylic acids is 1. The molecule has 1 saturated heterocycles. The lowest BCUT2D eigenvalue weighted by Gasteiger charge is -2.20. The van der Waals surface area contributed by atoms with E-state index in [2.05, 4.69) is 5.32 Å². The van der Waals surface area contributed by atoms with Crippen LogP contribution in [0.25, 0.3) is 0 Å². The van der Waals surface area contributed by atoms with E-state index in [0.29, 0.717) is 57.9 Å². The zero-order valence-corrected chi connectivity index (χ0v) is 21.8. The van der Waals surface area contributed by atoms with Gasteiger partial charge in [-0.2, -0.15) is 0 Å². The second-order valence-corrected chi connectivity index (χ2v) is 9.85. The van der Waals surface area contributed by atoms with E-state index in [9.17, 15) is 34.2 Å². The maximum atomic E-state index is 12.2. The summed E-state index contributed by atoms with van der Waals surface area (Å²) in [5, 5.41) is 29.6. The molecule has 1 aliphatic heterocycles. The highest BCUT2D eigenvalue weighted by Gasteiger charge is 2.28. The zero-order chi connectivity index (χ0) is 27.9. The van der Waals surface area contributed by atoms with Crippen LogP contribution < -0.4 is 5.32 Å². The molecule has 38 heavy (non-hydrogen) atoms. The third-order valence-electron chi connectivity index (χ3n) is 6.59. The number of carboxylic acid groups (broad SMARTS) is 1. The SMILES string of the molecule is N=C(CC(=O)CCCC(Cc1ccccc1)C(=O)O)CC(=O)CNC(=O)CCCCCN1C(=O)CCC1O. The number of carbonyl (C=O) groups excluding carboxylic acids is 4. The predicted molar refractivity (Wildman–Crippen MR) is 141 cm³/mol. The molecule has 0 radical (unpaired) electrons. The molecule has 0 spiro atoms. The van der Waals surface area contributed by atoms with Gasteiger partial charge in [-0.05, 0) is 37.7 Å². The summed E-state index contributed by atoms with van der Waals surface area (Å²) in [4.78, 5) is 60.8. The maximum Gasteiger partial charge on any atom is 0.306 e. The molecular weight excluding hydrogens is 490 g/mol. The lowest BCUT2D eigenvalue weighted by Crippen LogP contribution is -2.33. The van der Waals surface area contributed by atoms with Gasteiger partial charge in [-0.15, -0.1) is 0 Å². The first-order valence-electron chi connectivity index (χ1n) is 13.3. The minimum Gasteiger partial charge on any atom is -0.481 e. The number of benzene rings is 1. The van der Waals surface area contributed by atoms with Crippen molar-refractivity contribution in [3.05, 3.63) is 35.9 Å². The van der Waals surface area contributed by atoms with Crippen molar-refractivity contribution >= 4 is 35.1 Å². The molecule has 1 heterocycles. The van der Waals surface area contributed by atoms with Crippen molar-refractivity contribution < 1.29 is 34.2 Å². The number of amides is 2. The highest BCUT2D eigenvalue weighted by atomic mass is 16.4.